The highest BCUT2D eigenvalue weighted by Crippen LogP contribution is 2.35. The molecule has 15 heteroatoms. The molecule has 0 spiro atoms. The fourth-order valence-electron chi connectivity index (χ4n) is 4.09. The number of nitrogens with one attached hydrogen (secondary N) is 2. The number of anilines is 1. The Balaban J connectivity index is 2.02. The summed E-state index contributed by atoms with van der Waals surface area (Å²) in [4.78, 5) is 40.8. The molecule has 42 heavy (non-hydrogen) atoms. The molecular weight excluding hydrogens is 586 g/mol. The minimum atomic E-state index is -4.43. The van der Waals surface area contributed by atoms with Crippen molar-refractivity contribution >= 4 is 56.7 Å². The molecule has 0 fully saturated rings. The van der Waals surface area contributed by atoms with Crippen LogP contribution in [0.5, 0.6) is 5.75 Å². The summed E-state index contributed by atoms with van der Waals surface area (Å²) in [5, 5.41) is 11.4. The van der Waals surface area contributed by atoms with Crippen molar-refractivity contribution in [2.75, 3.05) is 45.4 Å². The van der Waals surface area contributed by atoms with Crippen LogP contribution in [-0.2, 0) is 29.1 Å². The number of para-hydroxylation sites is 2. The maximum atomic E-state index is 13.4. The molecule has 0 aliphatic heterocycles. The zero-order valence-corrected chi connectivity index (χ0v) is 25.4. The predicted octanol–water partition coefficient (Wildman–Crippen LogP) is 2.20. The number of fused-ring (bicyclic) bond motifs is 1. The van der Waals surface area contributed by atoms with Gasteiger partial charge in [0.15, 0.2) is 0 Å². The number of nitrogens with zero attached hydrogens (tertiary/aromatic N) is 3. The van der Waals surface area contributed by atoms with Crippen molar-refractivity contribution < 1.29 is 37.4 Å². The third-order valence-corrected chi connectivity index (χ3v) is 8.77. The first-order chi connectivity index (χ1) is 19.9. The van der Waals surface area contributed by atoms with Gasteiger partial charge in [-0.05, 0) is 45.3 Å². The number of amides is 1. The zero-order valence-electron chi connectivity index (χ0n) is 23.7. The average Bonchev–Trinajstić information content (AvgIpc) is 3.33. The molecule has 1 aromatic heterocycles. The van der Waals surface area contributed by atoms with Gasteiger partial charge in [0.25, 0.3) is 0 Å². The Morgan fingerprint density at radius 1 is 1.21 bits per heavy atom. The number of imidazole rings is 1. The van der Waals surface area contributed by atoms with Crippen molar-refractivity contribution in [1.29, 1.82) is 0 Å². The Bertz CT molecular complexity index is 1490. The van der Waals surface area contributed by atoms with Crippen molar-refractivity contribution in [3.05, 3.63) is 48.8 Å². The zero-order chi connectivity index (χ0) is 30.9. The summed E-state index contributed by atoms with van der Waals surface area (Å²) in [5.41, 5.74) is 1.92. The lowest BCUT2D eigenvalue weighted by molar-refractivity contribution is -0.138. The number of aromatic nitrogens is 2. The first kappa shape index (κ1) is 33.0. The molecule has 2 aromatic carbocycles. The normalized spacial score (nSPS) is 13.9. The summed E-state index contributed by atoms with van der Waals surface area (Å²) in [7, 11) is 0.637. The number of likely N-dealkylation sites (N-methyl/N-ethyl adjacent to an activating group) is 1. The van der Waals surface area contributed by atoms with Crippen LogP contribution in [-0.4, -0.2) is 98.4 Å². The molecule has 0 aliphatic carbocycles. The lowest BCUT2D eigenvalue weighted by Crippen LogP contribution is -2.38. The highest BCUT2D eigenvalue weighted by atomic mass is 32.2. The van der Waals surface area contributed by atoms with Gasteiger partial charge >= 0.3 is 5.97 Å². The van der Waals surface area contributed by atoms with E-state index in [4.69, 9.17) is 14.6 Å². The number of ether oxygens (including phenoxy) is 2. The summed E-state index contributed by atoms with van der Waals surface area (Å²) < 4.78 is 42.3. The minimum absolute atomic E-state index is 0.0936. The van der Waals surface area contributed by atoms with Crippen LogP contribution in [0.25, 0.3) is 11.0 Å². The van der Waals surface area contributed by atoms with Gasteiger partial charge in [0, 0.05) is 24.6 Å². The van der Waals surface area contributed by atoms with Crippen molar-refractivity contribution in [1.82, 2.24) is 19.2 Å². The van der Waals surface area contributed by atoms with Crippen molar-refractivity contribution in [2.45, 2.75) is 35.8 Å². The minimum Gasteiger partial charge on any atom is -0.486 e. The van der Waals surface area contributed by atoms with Crippen molar-refractivity contribution in [3.8, 4) is 5.75 Å². The fraction of sp³-hybridized carbons (Fsp3) is 0.407. The average molecular weight is 622 g/mol. The number of carboxylic acids is 1. The number of sulfonamides is 1. The molecule has 1 amide bonds. The second-order valence-electron chi connectivity index (χ2n) is 9.63. The maximum Gasteiger partial charge on any atom is 0.305 e. The number of carbonyl (C=O) groups excluding carboxylic acids is 2. The summed E-state index contributed by atoms with van der Waals surface area (Å²) in [6.45, 7) is 2.34. The second kappa shape index (κ2) is 15.1. The molecule has 3 aromatic rings. The molecule has 3 rings (SSSR count). The standard InChI is InChI=1S/C27H35N5O8S2/c1-18(27(41-12-11-39-4)32-17-28-21-7-5-6-8-22(21)32)40-23-13-19(29-25(34)15-31(2)3)9-10-24(23)42(37,38)30-20(16-33)14-26(35)36/h5-10,13,16-18,20,27,30H,11-12,14-15H2,1-4H3,(H,29,34)(H,35,36)/t18-,20?,27?/m1/s1. The summed E-state index contributed by atoms with van der Waals surface area (Å²) >= 11 is 1.52. The van der Waals surface area contributed by atoms with Crippen LogP contribution < -0.4 is 14.8 Å². The maximum absolute atomic E-state index is 13.4. The number of carboxylic acid groups (broad SMARTS) is 1. The van der Waals surface area contributed by atoms with E-state index in [1.165, 1.54) is 30.0 Å². The topological polar surface area (TPSA) is 169 Å². The van der Waals surface area contributed by atoms with Gasteiger partial charge in [0.05, 0.1) is 43.0 Å². The van der Waals surface area contributed by atoms with E-state index in [0.717, 1.165) is 11.0 Å². The summed E-state index contributed by atoms with van der Waals surface area (Å²) in [6, 6.07) is 10.1. The molecular formula is C27H35N5O8S2. The molecule has 0 saturated heterocycles. The predicted molar refractivity (Wildman–Crippen MR) is 159 cm³/mol. The molecule has 0 saturated carbocycles. The number of carbonyl (C=O) groups is 3. The first-order valence-corrected chi connectivity index (χ1v) is 15.4. The molecule has 0 aliphatic rings. The van der Waals surface area contributed by atoms with Gasteiger partial charge in [-0.3, -0.25) is 9.59 Å². The van der Waals surface area contributed by atoms with Gasteiger partial charge in [-0.2, -0.15) is 0 Å². The summed E-state index contributed by atoms with van der Waals surface area (Å²) in [5.74, 6) is -1.17. The molecule has 2 unspecified atom stereocenters. The quantitative estimate of drug-likeness (QED) is 0.149. The fourth-order valence-corrected chi connectivity index (χ4v) is 6.53. The SMILES string of the molecule is COCCSC([C@@H](C)Oc1cc(NC(=O)CN(C)C)ccc1S(=O)(=O)NC(C=O)CC(=O)O)n1cnc2ccccc21. The molecule has 3 atom stereocenters. The molecule has 1 heterocycles. The highest BCUT2D eigenvalue weighted by molar-refractivity contribution is 7.99. The summed E-state index contributed by atoms with van der Waals surface area (Å²) in [6.07, 6.45) is 0.524. The van der Waals surface area contributed by atoms with E-state index in [0.29, 0.717) is 12.4 Å². The van der Waals surface area contributed by atoms with E-state index in [9.17, 15) is 22.8 Å². The number of hydrogen-bond donors (Lipinski definition) is 3. The monoisotopic (exact) mass is 621 g/mol. The Hall–Kier alpha value is -3.50. The third kappa shape index (κ3) is 9.00. The Morgan fingerprint density at radius 3 is 2.62 bits per heavy atom. The van der Waals surface area contributed by atoms with Crippen LogP contribution in [0, 0.1) is 0 Å². The number of thioether (sulfide) groups is 1. The first-order valence-electron chi connectivity index (χ1n) is 12.9. The lowest BCUT2D eigenvalue weighted by Gasteiger charge is -2.27. The number of aliphatic carboxylic acids is 1. The van der Waals surface area contributed by atoms with E-state index in [1.54, 1.807) is 39.4 Å². The number of methoxy groups -OCH3 is 1. The number of benzene rings is 2. The molecule has 0 bridgehead atoms. The lowest BCUT2D eigenvalue weighted by atomic mass is 10.2. The van der Waals surface area contributed by atoms with Crippen LogP contribution in [0.2, 0.25) is 0 Å². The third-order valence-electron chi connectivity index (χ3n) is 5.89. The van der Waals surface area contributed by atoms with E-state index in [1.807, 2.05) is 28.8 Å². The largest absolute Gasteiger partial charge is 0.486 e. The van der Waals surface area contributed by atoms with E-state index < -0.39 is 34.6 Å². The van der Waals surface area contributed by atoms with Gasteiger partial charge in [-0.1, -0.05) is 12.1 Å². The van der Waals surface area contributed by atoms with Gasteiger partial charge in [-0.25, -0.2) is 18.1 Å². The Morgan fingerprint density at radius 2 is 1.95 bits per heavy atom. The Labute approximate surface area is 248 Å². The van der Waals surface area contributed by atoms with Gasteiger partial charge < -0.3 is 34.2 Å². The molecule has 3 N–H and O–H groups in total. The van der Waals surface area contributed by atoms with Crippen LogP contribution >= 0.6 is 11.8 Å². The van der Waals surface area contributed by atoms with E-state index >= 15 is 0 Å². The Kier molecular flexibility index (Phi) is 11.9. The molecule has 13 nitrogen and oxygen atoms in total. The number of rotatable bonds is 17. The molecule has 228 valence electrons. The number of hydrogen-bond acceptors (Lipinski definition) is 10. The van der Waals surface area contributed by atoms with Crippen LogP contribution in [0.1, 0.15) is 18.7 Å². The van der Waals surface area contributed by atoms with Crippen molar-refractivity contribution in [2.24, 2.45) is 0 Å². The van der Waals surface area contributed by atoms with Crippen LogP contribution in [0.3, 0.4) is 0 Å². The van der Waals surface area contributed by atoms with Gasteiger partial charge in [0.2, 0.25) is 15.9 Å². The number of aldehydes is 1. The second-order valence-corrected chi connectivity index (χ2v) is 12.5. The van der Waals surface area contributed by atoms with Crippen LogP contribution in [0.15, 0.2) is 53.7 Å². The smallest absolute Gasteiger partial charge is 0.305 e. The molecule has 0 radical (unpaired) electrons. The van der Waals surface area contributed by atoms with Gasteiger partial charge in [-0.15, -0.1) is 11.8 Å². The van der Waals surface area contributed by atoms with E-state index in [-0.39, 0.29) is 40.4 Å². The van der Waals surface area contributed by atoms with Crippen molar-refractivity contribution in [3.63, 3.8) is 0 Å². The highest BCUT2D eigenvalue weighted by Gasteiger charge is 2.29. The van der Waals surface area contributed by atoms with Gasteiger partial charge in [0.1, 0.15) is 28.4 Å². The van der Waals surface area contributed by atoms with Crippen LogP contribution in [0.4, 0.5) is 5.69 Å². The van der Waals surface area contributed by atoms with E-state index in [2.05, 4.69) is 15.0 Å².